The zero-order valence-electron chi connectivity index (χ0n) is 13.4. The SMILES string of the molecule is Cc1ccc(-c2cc(C(=O)NCC3CCCC(O)C3)[nH]n2)cc1. The van der Waals surface area contributed by atoms with E-state index >= 15 is 0 Å². The van der Waals surface area contributed by atoms with Gasteiger partial charge in [0.05, 0.1) is 11.8 Å². The number of aromatic amines is 1. The molecule has 0 bridgehead atoms. The van der Waals surface area contributed by atoms with Crippen molar-refractivity contribution < 1.29 is 9.90 Å². The standard InChI is InChI=1S/C18H23N3O2/c1-12-5-7-14(8-6-12)16-10-17(21-20-16)18(23)19-11-13-3-2-4-15(22)9-13/h5-8,10,13,15,22H,2-4,9,11H2,1H3,(H,19,23)(H,20,21). The average Bonchev–Trinajstić information content (AvgIpc) is 3.03. The van der Waals surface area contributed by atoms with Gasteiger partial charge in [-0.2, -0.15) is 5.10 Å². The molecular formula is C18H23N3O2. The van der Waals surface area contributed by atoms with Crippen LogP contribution in [0.15, 0.2) is 30.3 Å². The number of aliphatic hydroxyl groups is 1. The van der Waals surface area contributed by atoms with Gasteiger partial charge in [0.2, 0.25) is 0 Å². The predicted molar refractivity (Wildman–Crippen MR) is 89.1 cm³/mol. The van der Waals surface area contributed by atoms with Crippen LogP contribution in [0.3, 0.4) is 0 Å². The lowest BCUT2D eigenvalue weighted by Crippen LogP contribution is -2.33. The van der Waals surface area contributed by atoms with Crippen molar-refractivity contribution in [1.82, 2.24) is 15.5 Å². The van der Waals surface area contributed by atoms with Gasteiger partial charge in [0, 0.05) is 12.1 Å². The highest BCUT2D eigenvalue weighted by Crippen LogP contribution is 2.23. The lowest BCUT2D eigenvalue weighted by molar-refractivity contribution is 0.0870. The summed E-state index contributed by atoms with van der Waals surface area (Å²) in [7, 11) is 0. The molecule has 0 spiro atoms. The maximum absolute atomic E-state index is 12.2. The van der Waals surface area contributed by atoms with Crippen LogP contribution in [0.1, 0.15) is 41.7 Å². The Hall–Kier alpha value is -2.14. The zero-order chi connectivity index (χ0) is 16.2. The van der Waals surface area contributed by atoms with Gasteiger partial charge in [-0.1, -0.05) is 36.2 Å². The zero-order valence-corrected chi connectivity index (χ0v) is 13.4. The number of rotatable bonds is 4. The Balaban J connectivity index is 1.59. The minimum absolute atomic E-state index is 0.143. The second-order valence-electron chi connectivity index (χ2n) is 6.43. The number of hydrogen-bond acceptors (Lipinski definition) is 3. The molecule has 2 unspecified atom stereocenters. The van der Waals surface area contributed by atoms with Crippen LogP contribution in [-0.2, 0) is 0 Å². The number of amides is 1. The van der Waals surface area contributed by atoms with Crippen molar-refractivity contribution >= 4 is 5.91 Å². The van der Waals surface area contributed by atoms with Gasteiger partial charge in [-0.05, 0) is 38.2 Å². The summed E-state index contributed by atoms with van der Waals surface area (Å²) in [4.78, 5) is 12.2. The fourth-order valence-corrected chi connectivity index (χ4v) is 3.09. The third-order valence-electron chi connectivity index (χ3n) is 4.48. The van der Waals surface area contributed by atoms with Gasteiger partial charge < -0.3 is 10.4 Å². The van der Waals surface area contributed by atoms with Gasteiger partial charge in [-0.15, -0.1) is 0 Å². The molecule has 1 aliphatic carbocycles. The Bertz CT molecular complexity index is 663. The molecule has 1 aliphatic rings. The van der Waals surface area contributed by atoms with Crippen LogP contribution in [0.2, 0.25) is 0 Å². The molecule has 0 aliphatic heterocycles. The molecule has 1 saturated carbocycles. The molecule has 1 heterocycles. The van der Waals surface area contributed by atoms with Crippen LogP contribution >= 0.6 is 0 Å². The van der Waals surface area contributed by atoms with Crippen molar-refractivity contribution in [2.24, 2.45) is 5.92 Å². The number of aromatic nitrogens is 2. The van der Waals surface area contributed by atoms with Crippen molar-refractivity contribution in [3.63, 3.8) is 0 Å². The van der Waals surface area contributed by atoms with E-state index in [1.165, 1.54) is 5.56 Å². The van der Waals surface area contributed by atoms with Crippen molar-refractivity contribution in [1.29, 1.82) is 0 Å². The molecular weight excluding hydrogens is 290 g/mol. The number of carbonyl (C=O) groups is 1. The third kappa shape index (κ3) is 3.99. The monoisotopic (exact) mass is 313 g/mol. The first-order valence-electron chi connectivity index (χ1n) is 8.20. The number of benzene rings is 1. The topological polar surface area (TPSA) is 78.0 Å². The van der Waals surface area contributed by atoms with Crippen molar-refractivity contribution in [3.8, 4) is 11.3 Å². The van der Waals surface area contributed by atoms with Gasteiger partial charge in [-0.25, -0.2) is 0 Å². The minimum atomic E-state index is -0.217. The molecule has 5 nitrogen and oxygen atoms in total. The summed E-state index contributed by atoms with van der Waals surface area (Å²) in [6.45, 7) is 2.64. The number of nitrogens with one attached hydrogen (secondary N) is 2. The highest BCUT2D eigenvalue weighted by Gasteiger charge is 2.21. The second-order valence-corrected chi connectivity index (χ2v) is 6.43. The molecule has 122 valence electrons. The van der Waals surface area contributed by atoms with Crippen LogP contribution in [0.4, 0.5) is 0 Å². The van der Waals surface area contributed by atoms with E-state index in [0.717, 1.165) is 36.9 Å². The number of H-pyrrole nitrogens is 1. The lowest BCUT2D eigenvalue weighted by Gasteiger charge is -2.25. The summed E-state index contributed by atoms with van der Waals surface area (Å²) in [6.07, 6.45) is 3.53. The van der Waals surface area contributed by atoms with Crippen molar-refractivity contribution in [3.05, 3.63) is 41.6 Å². The Morgan fingerprint density at radius 2 is 2.13 bits per heavy atom. The first-order chi connectivity index (χ1) is 11.1. The summed E-state index contributed by atoms with van der Waals surface area (Å²) in [5.74, 6) is 0.220. The maximum Gasteiger partial charge on any atom is 0.269 e. The summed E-state index contributed by atoms with van der Waals surface area (Å²) in [6, 6.07) is 9.82. The van der Waals surface area contributed by atoms with Gasteiger partial charge in [0.15, 0.2) is 0 Å². The molecule has 5 heteroatoms. The highest BCUT2D eigenvalue weighted by molar-refractivity contribution is 5.93. The van der Waals surface area contributed by atoms with E-state index in [0.29, 0.717) is 18.2 Å². The first-order valence-corrected chi connectivity index (χ1v) is 8.20. The normalized spacial score (nSPS) is 21.1. The Morgan fingerprint density at radius 1 is 1.35 bits per heavy atom. The summed E-state index contributed by atoms with van der Waals surface area (Å²) >= 11 is 0. The van der Waals surface area contributed by atoms with Crippen LogP contribution in [0.25, 0.3) is 11.3 Å². The largest absolute Gasteiger partial charge is 0.393 e. The smallest absolute Gasteiger partial charge is 0.269 e. The van der Waals surface area contributed by atoms with Gasteiger partial charge >= 0.3 is 0 Å². The molecule has 23 heavy (non-hydrogen) atoms. The minimum Gasteiger partial charge on any atom is -0.393 e. The molecule has 2 atom stereocenters. The first kappa shape index (κ1) is 15.7. The molecule has 0 saturated heterocycles. The molecule has 3 rings (SSSR count). The van der Waals surface area contributed by atoms with Gasteiger partial charge in [-0.3, -0.25) is 9.89 Å². The Morgan fingerprint density at radius 3 is 2.87 bits per heavy atom. The van der Waals surface area contributed by atoms with Crippen LogP contribution in [0.5, 0.6) is 0 Å². The van der Waals surface area contributed by atoms with Crippen molar-refractivity contribution in [2.75, 3.05) is 6.54 Å². The van der Waals surface area contributed by atoms with Gasteiger partial charge in [0.1, 0.15) is 5.69 Å². The fourth-order valence-electron chi connectivity index (χ4n) is 3.09. The number of carbonyl (C=O) groups excluding carboxylic acids is 1. The van der Waals surface area contributed by atoms with Gasteiger partial charge in [0.25, 0.3) is 5.91 Å². The quantitative estimate of drug-likeness (QED) is 0.812. The number of aryl methyl sites for hydroxylation is 1. The second kappa shape index (κ2) is 6.96. The van der Waals surface area contributed by atoms with Crippen LogP contribution < -0.4 is 5.32 Å². The van der Waals surface area contributed by atoms with E-state index in [9.17, 15) is 9.90 Å². The number of nitrogens with zero attached hydrogens (tertiary/aromatic N) is 1. The number of aliphatic hydroxyl groups excluding tert-OH is 1. The third-order valence-corrected chi connectivity index (χ3v) is 4.48. The summed E-state index contributed by atoms with van der Waals surface area (Å²) in [5, 5.41) is 19.6. The average molecular weight is 313 g/mol. The van der Waals surface area contributed by atoms with E-state index in [1.54, 1.807) is 6.07 Å². The van der Waals surface area contributed by atoms with Crippen LogP contribution in [0, 0.1) is 12.8 Å². The maximum atomic E-state index is 12.2. The highest BCUT2D eigenvalue weighted by atomic mass is 16.3. The molecule has 3 N–H and O–H groups in total. The van der Waals surface area contributed by atoms with E-state index in [2.05, 4.69) is 15.5 Å². The molecule has 1 aromatic heterocycles. The Kier molecular flexibility index (Phi) is 4.76. The summed E-state index contributed by atoms with van der Waals surface area (Å²) < 4.78 is 0. The predicted octanol–water partition coefficient (Wildman–Crippen LogP) is 2.67. The van der Waals surface area contributed by atoms with E-state index < -0.39 is 0 Å². The molecule has 1 fully saturated rings. The Labute approximate surface area is 136 Å². The van der Waals surface area contributed by atoms with E-state index in [-0.39, 0.29) is 12.0 Å². The molecule has 2 aromatic rings. The molecule has 1 aromatic carbocycles. The van der Waals surface area contributed by atoms with E-state index in [1.807, 2.05) is 31.2 Å². The summed E-state index contributed by atoms with van der Waals surface area (Å²) in [5.41, 5.74) is 3.42. The van der Waals surface area contributed by atoms with E-state index in [4.69, 9.17) is 0 Å². The van der Waals surface area contributed by atoms with Crippen LogP contribution in [-0.4, -0.2) is 33.9 Å². The molecule has 1 amide bonds. The lowest BCUT2D eigenvalue weighted by atomic mass is 9.87. The molecule has 0 radical (unpaired) electrons. The van der Waals surface area contributed by atoms with Crippen molar-refractivity contribution in [2.45, 2.75) is 38.7 Å². The number of hydrogen-bond donors (Lipinski definition) is 3. The fraction of sp³-hybridized carbons (Fsp3) is 0.444.